The van der Waals surface area contributed by atoms with Gasteiger partial charge in [0.15, 0.2) is 0 Å². The first-order chi connectivity index (χ1) is 8.69. The highest BCUT2D eigenvalue weighted by Crippen LogP contribution is 2.28. The number of carbonyl (C=O) groups excluding carboxylic acids is 1. The average Bonchev–Trinajstić information content (AvgIpc) is 2.24. The predicted molar refractivity (Wildman–Crippen MR) is 82.2 cm³/mol. The smallest absolute Gasteiger partial charge is 0.225 e. The van der Waals surface area contributed by atoms with E-state index in [0.29, 0.717) is 28.7 Å². The van der Waals surface area contributed by atoms with E-state index in [0.717, 1.165) is 5.56 Å². The molecular formula is C14H20Cl2N2O. The Morgan fingerprint density at radius 3 is 2.42 bits per heavy atom. The molecule has 0 fully saturated rings. The van der Waals surface area contributed by atoms with E-state index in [4.69, 9.17) is 23.2 Å². The summed E-state index contributed by atoms with van der Waals surface area (Å²) in [5.74, 6) is -0.0847. The number of anilines is 1. The maximum atomic E-state index is 11.8. The molecule has 0 aliphatic heterocycles. The lowest BCUT2D eigenvalue weighted by Crippen LogP contribution is -2.37. The quantitative estimate of drug-likeness (QED) is 0.882. The lowest BCUT2D eigenvalue weighted by atomic mass is 10.1. The molecule has 1 rings (SSSR count). The molecule has 0 saturated heterocycles. The summed E-state index contributed by atoms with van der Waals surface area (Å²) in [4.78, 5) is 11.8. The third-order valence-corrected chi connectivity index (χ3v) is 3.25. The number of hydrogen-bond donors (Lipinski definition) is 2. The van der Waals surface area contributed by atoms with E-state index in [-0.39, 0.29) is 11.4 Å². The average molecular weight is 303 g/mol. The topological polar surface area (TPSA) is 41.1 Å². The summed E-state index contributed by atoms with van der Waals surface area (Å²) in [6.07, 6.45) is 0.388. The number of nitrogens with one attached hydrogen (secondary N) is 2. The Kier molecular flexibility index (Phi) is 5.65. The fourth-order valence-electron chi connectivity index (χ4n) is 1.51. The van der Waals surface area contributed by atoms with Crippen LogP contribution in [0.25, 0.3) is 0 Å². The molecule has 1 aromatic rings. The van der Waals surface area contributed by atoms with Crippen LogP contribution in [0.15, 0.2) is 12.1 Å². The summed E-state index contributed by atoms with van der Waals surface area (Å²) in [7, 11) is 0. The first-order valence-electron chi connectivity index (χ1n) is 6.19. The molecule has 106 valence electrons. The SMILES string of the molecule is Cc1cc(Cl)c(NC(=O)CCNC(C)(C)C)cc1Cl. The van der Waals surface area contributed by atoms with Crippen molar-refractivity contribution in [3.8, 4) is 0 Å². The number of rotatable bonds is 4. The van der Waals surface area contributed by atoms with Crippen molar-refractivity contribution in [1.82, 2.24) is 5.32 Å². The number of halogens is 2. The molecule has 0 atom stereocenters. The zero-order valence-corrected chi connectivity index (χ0v) is 13.2. The van der Waals surface area contributed by atoms with E-state index in [1.54, 1.807) is 12.1 Å². The number of hydrogen-bond acceptors (Lipinski definition) is 2. The van der Waals surface area contributed by atoms with E-state index < -0.39 is 0 Å². The normalized spacial score (nSPS) is 11.5. The first-order valence-corrected chi connectivity index (χ1v) is 6.95. The summed E-state index contributed by atoms with van der Waals surface area (Å²) in [5.41, 5.74) is 1.45. The van der Waals surface area contributed by atoms with Crippen molar-refractivity contribution < 1.29 is 4.79 Å². The highest BCUT2D eigenvalue weighted by atomic mass is 35.5. The number of aryl methyl sites for hydroxylation is 1. The van der Waals surface area contributed by atoms with Crippen LogP contribution in [-0.4, -0.2) is 18.0 Å². The second kappa shape index (κ2) is 6.60. The van der Waals surface area contributed by atoms with Crippen molar-refractivity contribution >= 4 is 34.8 Å². The molecule has 0 spiro atoms. The Bertz CT molecular complexity index is 467. The van der Waals surface area contributed by atoms with Gasteiger partial charge in [-0.15, -0.1) is 0 Å². The van der Waals surface area contributed by atoms with Gasteiger partial charge in [-0.25, -0.2) is 0 Å². The van der Waals surface area contributed by atoms with Gasteiger partial charge in [0.1, 0.15) is 0 Å². The van der Waals surface area contributed by atoms with Crippen molar-refractivity contribution in [3.05, 3.63) is 27.7 Å². The lowest BCUT2D eigenvalue weighted by molar-refractivity contribution is -0.116. The molecule has 0 radical (unpaired) electrons. The number of carbonyl (C=O) groups is 1. The second-order valence-electron chi connectivity index (χ2n) is 5.56. The van der Waals surface area contributed by atoms with Gasteiger partial charge in [0.25, 0.3) is 0 Å². The second-order valence-corrected chi connectivity index (χ2v) is 6.37. The zero-order valence-electron chi connectivity index (χ0n) is 11.7. The molecule has 0 aliphatic carbocycles. The predicted octanol–water partition coefficient (Wildman–Crippen LogP) is 4.02. The van der Waals surface area contributed by atoms with E-state index >= 15 is 0 Å². The molecule has 0 aromatic heterocycles. The van der Waals surface area contributed by atoms with Crippen LogP contribution in [0.4, 0.5) is 5.69 Å². The zero-order chi connectivity index (χ0) is 14.6. The fraction of sp³-hybridized carbons (Fsp3) is 0.500. The van der Waals surface area contributed by atoms with Crippen molar-refractivity contribution in [2.75, 3.05) is 11.9 Å². The van der Waals surface area contributed by atoms with Crippen LogP contribution in [0.3, 0.4) is 0 Å². The highest BCUT2D eigenvalue weighted by Gasteiger charge is 2.11. The first kappa shape index (κ1) is 16.3. The Morgan fingerprint density at radius 1 is 1.21 bits per heavy atom. The van der Waals surface area contributed by atoms with Crippen molar-refractivity contribution in [1.29, 1.82) is 0 Å². The summed E-state index contributed by atoms with van der Waals surface area (Å²) in [6, 6.07) is 3.42. The van der Waals surface area contributed by atoms with Crippen molar-refractivity contribution in [2.45, 2.75) is 39.7 Å². The van der Waals surface area contributed by atoms with E-state index in [1.165, 1.54) is 0 Å². The van der Waals surface area contributed by atoms with Crippen LogP contribution in [0.1, 0.15) is 32.8 Å². The molecule has 3 nitrogen and oxygen atoms in total. The Balaban J connectivity index is 2.56. The van der Waals surface area contributed by atoms with Crippen LogP contribution in [0, 0.1) is 6.92 Å². The molecule has 0 bridgehead atoms. The van der Waals surface area contributed by atoms with Crippen LogP contribution >= 0.6 is 23.2 Å². The Labute approximate surface area is 124 Å². The standard InChI is InChI=1S/C14H20Cl2N2O/c1-9-7-11(16)12(8-10(9)15)18-13(19)5-6-17-14(2,3)4/h7-8,17H,5-6H2,1-4H3,(H,18,19). The third-order valence-electron chi connectivity index (χ3n) is 2.53. The molecular weight excluding hydrogens is 283 g/mol. The molecule has 2 N–H and O–H groups in total. The Morgan fingerprint density at radius 2 is 1.84 bits per heavy atom. The van der Waals surface area contributed by atoms with Gasteiger partial charge in [-0.1, -0.05) is 23.2 Å². The lowest BCUT2D eigenvalue weighted by Gasteiger charge is -2.20. The molecule has 0 saturated carbocycles. The van der Waals surface area contributed by atoms with Gasteiger partial charge in [0.2, 0.25) is 5.91 Å². The Hall–Kier alpha value is -0.770. The fourth-order valence-corrected chi connectivity index (χ4v) is 1.93. The van der Waals surface area contributed by atoms with E-state index in [1.807, 2.05) is 6.92 Å². The summed E-state index contributed by atoms with van der Waals surface area (Å²) < 4.78 is 0. The third kappa shape index (κ3) is 5.81. The van der Waals surface area contributed by atoms with Crippen molar-refractivity contribution in [3.63, 3.8) is 0 Å². The minimum atomic E-state index is -0.0847. The molecule has 5 heteroatoms. The van der Waals surface area contributed by atoms with Crippen LogP contribution in [-0.2, 0) is 4.79 Å². The molecule has 0 unspecified atom stereocenters. The largest absolute Gasteiger partial charge is 0.325 e. The molecule has 1 amide bonds. The number of amides is 1. The summed E-state index contributed by atoms with van der Waals surface area (Å²) >= 11 is 12.1. The maximum Gasteiger partial charge on any atom is 0.225 e. The minimum absolute atomic E-state index is 0.00505. The molecule has 0 heterocycles. The monoisotopic (exact) mass is 302 g/mol. The number of benzene rings is 1. The minimum Gasteiger partial charge on any atom is -0.325 e. The van der Waals surface area contributed by atoms with Gasteiger partial charge in [-0.3, -0.25) is 4.79 Å². The molecule has 19 heavy (non-hydrogen) atoms. The van der Waals surface area contributed by atoms with Crippen molar-refractivity contribution in [2.24, 2.45) is 0 Å². The molecule has 1 aromatic carbocycles. The van der Waals surface area contributed by atoms with Crippen LogP contribution in [0.5, 0.6) is 0 Å². The van der Waals surface area contributed by atoms with Gasteiger partial charge in [0, 0.05) is 23.5 Å². The van der Waals surface area contributed by atoms with Crippen LogP contribution in [0.2, 0.25) is 10.0 Å². The summed E-state index contributed by atoms with van der Waals surface area (Å²) in [5, 5.41) is 7.11. The molecule has 0 aliphatic rings. The highest BCUT2D eigenvalue weighted by molar-refractivity contribution is 6.36. The van der Waals surface area contributed by atoms with Gasteiger partial charge < -0.3 is 10.6 Å². The van der Waals surface area contributed by atoms with Gasteiger partial charge in [0.05, 0.1) is 10.7 Å². The van der Waals surface area contributed by atoms with E-state index in [9.17, 15) is 4.79 Å². The summed E-state index contributed by atoms with van der Waals surface area (Å²) in [6.45, 7) is 8.66. The van der Waals surface area contributed by atoms with E-state index in [2.05, 4.69) is 31.4 Å². The van der Waals surface area contributed by atoms with Crippen LogP contribution < -0.4 is 10.6 Å². The van der Waals surface area contributed by atoms with Gasteiger partial charge in [-0.2, -0.15) is 0 Å². The van der Waals surface area contributed by atoms with Gasteiger partial charge >= 0.3 is 0 Å². The van der Waals surface area contributed by atoms with Gasteiger partial charge in [-0.05, 0) is 45.4 Å². The maximum absolute atomic E-state index is 11.8.